The first-order valence-corrected chi connectivity index (χ1v) is 16.8. The Kier molecular flexibility index (Phi) is 15.2. The van der Waals surface area contributed by atoms with E-state index in [-0.39, 0.29) is 5.41 Å². The minimum atomic E-state index is -0.0208. The van der Waals surface area contributed by atoms with Crippen LogP contribution in [0, 0.1) is 0 Å². The average Bonchev–Trinajstić information content (AvgIpc) is 3.44. The maximum absolute atomic E-state index is 5.10. The Morgan fingerprint density at radius 1 is 0.650 bits per heavy atom. The van der Waals surface area contributed by atoms with Gasteiger partial charge in [-0.05, 0) is 30.4 Å². The zero-order valence-corrected chi connectivity index (χ0v) is 26.1. The van der Waals surface area contributed by atoms with Gasteiger partial charge < -0.3 is 4.57 Å². The fourth-order valence-electron chi connectivity index (χ4n) is 6.54. The zero-order chi connectivity index (χ0) is 28.3. The molecule has 2 nitrogen and oxygen atoms in total. The molecule has 0 saturated heterocycles. The van der Waals surface area contributed by atoms with Crippen molar-refractivity contribution >= 4 is 0 Å². The normalized spacial score (nSPS) is 13.8. The summed E-state index contributed by atoms with van der Waals surface area (Å²) >= 11 is 0. The quantitative estimate of drug-likeness (QED) is 0.115. The second-order valence-electron chi connectivity index (χ2n) is 12.4. The summed E-state index contributed by atoms with van der Waals surface area (Å²) in [4.78, 5) is 5.10. The van der Waals surface area contributed by atoms with E-state index in [1.54, 1.807) is 0 Å². The zero-order valence-electron chi connectivity index (χ0n) is 26.1. The largest absolute Gasteiger partial charge is 0.335 e. The van der Waals surface area contributed by atoms with Gasteiger partial charge >= 0.3 is 0 Å². The van der Waals surface area contributed by atoms with E-state index in [0.29, 0.717) is 5.92 Å². The number of nitrogens with zero attached hydrogens (tertiary/aromatic N) is 2. The molecule has 0 spiro atoms. The van der Waals surface area contributed by atoms with Crippen molar-refractivity contribution in [3.05, 3.63) is 90.0 Å². The van der Waals surface area contributed by atoms with Gasteiger partial charge in [-0.3, -0.25) is 0 Å². The van der Waals surface area contributed by atoms with Crippen LogP contribution in [0.4, 0.5) is 0 Å². The highest BCUT2D eigenvalue weighted by Gasteiger charge is 2.39. The van der Waals surface area contributed by atoms with Gasteiger partial charge in [-0.25, -0.2) is 4.98 Å². The highest BCUT2D eigenvalue weighted by Crippen LogP contribution is 2.44. The fraction of sp³-hybridized carbons (Fsp3) is 0.605. The molecule has 3 rings (SSSR count). The fourth-order valence-corrected chi connectivity index (χ4v) is 6.54. The van der Waals surface area contributed by atoms with Crippen LogP contribution in [0.1, 0.15) is 146 Å². The summed E-state index contributed by atoms with van der Waals surface area (Å²) in [5, 5.41) is 0. The molecular weight excluding hydrogens is 484 g/mol. The Morgan fingerprint density at radius 2 is 1.18 bits per heavy atom. The molecule has 0 fully saturated rings. The number of benzene rings is 2. The van der Waals surface area contributed by atoms with Crippen LogP contribution in [-0.4, -0.2) is 9.55 Å². The number of unbranched alkanes of at least 4 members (excludes halogenated alkanes) is 13. The third kappa shape index (κ3) is 10.6. The van der Waals surface area contributed by atoms with E-state index in [4.69, 9.17) is 4.98 Å². The summed E-state index contributed by atoms with van der Waals surface area (Å²) < 4.78 is 2.50. The first kappa shape index (κ1) is 32.2. The van der Waals surface area contributed by atoms with Crippen LogP contribution in [0.25, 0.3) is 0 Å². The monoisotopic (exact) mass is 542 g/mol. The first-order chi connectivity index (χ1) is 19.7. The molecule has 1 aromatic heterocycles. The second kappa shape index (κ2) is 18.9. The van der Waals surface area contributed by atoms with Crippen molar-refractivity contribution in [3.63, 3.8) is 0 Å². The summed E-state index contributed by atoms with van der Waals surface area (Å²) in [6.07, 6.45) is 26.8. The smallest absolute Gasteiger partial charge is 0.112 e. The molecule has 0 saturated carbocycles. The molecule has 3 aromatic rings. The minimum absolute atomic E-state index is 0.0208. The lowest BCUT2D eigenvalue weighted by Gasteiger charge is -2.39. The molecule has 220 valence electrons. The standard InChI is InChI=1S/C38H58N2/c1-4-6-8-10-12-13-14-15-23-29-36(37-39-30-32-40(37)31-24-16-11-9-7-5-2)38(3,35-27-21-18-22-28-35)33-34-25-19-17-20-26-34/h17-22,25-28,30,32,36H,4-16,23-24,29,31,33H2,1-3H3. The lowest BCUT2D eigenvalue weighted by molar-refractivity contribution is 0.321. The maximum Gasteiger partial charge on any atom is 0.112 e. The molecule has 0 amide bonds. The lowest BCUT2D eigenvalue weighted by atomic mass is 9.66. The van der Waals surface area contributed by atoms with Crippen LogP contribution in [0.15, 0.2) is 73.1 Å². The summed E-state index contributed by atoms with van der Waals surface area (Å²) in [5.41, 5.74) is 2.83. The van der Waals surface area contributed by atoms with Gasteiger partial charge in [0, 0.05) is 30.3 Å². The van der Waals surface area contributed by atoms with Crippen molar-refractivity contribution in [3.8, 4) is 0 Å². The van der Waals surface area contributed by atoms with Crippen LogP contribution in [0.5, 0.6) is 0 Å². The van der Waals surface area contributed by atoms with Gasteiger partial charge in [0.05, 0.1) is 0 Å². The lowest BCUT2D eigenvalue weighted by Crippen LogP contribution is -2.35. The van der Waals surface area contributed by atoms with Gasteiger partial charge in [-0.15, -0.1) is 0 Å². The Balaban J connectivity index is 1.77. The molecule has 2 heteroatoms. The van der Waals surface area contributed by atoms with Crippen LogP contribution in [0.3, 0.4) is 0 Å². The number of imidazole rings is 1. The molecule has 2 atom stereocenters. The van der Waals surface area contributed by atoms with Crippen molar-refractivity contribution in [2.75, 3.05) is 0 Å². The number of hydrogen-bond acceptors (Lipinski definition) is 1. The predicted octanol–water partition coefficient (Wildman–Crippen LogP) is 11.4. The molecule has 2 unspecified atom stereocenters. The van der Waals surface area contributed by atoms with Crippen molar-refractivity contribution < 1.29 is 0 Å². The van der Waals surface area contributed by atoms with E-state index in [1.165, 1.54) is 120 Å². The Bertz CT molecular complexity index is 1010. The van der Waals surface area contributed by atoms with E-state index in [0.717, 1.165) is 13.0 Å². The van der Waals surface area contributed by atoms with Gasteiger partial charge in [0.25, 0.3) is 0 Å². The SMILES string of the molecule is CCCCCCCCCCCC(c1nccn1CCCCCCCC)C(C)(Cc1ccccc1)c1ccccc1. The van der Waals surface area contributed by atoms with Crippen molar-refractivity contribution in [2.24, 2.45) is 0 Å². The minimum Gasteiger partial charge on any atom is -0.335 e. The molecule has 0 bridgehead atoms. The summed E-state index contributed by atoms with van der Waals surface area (Å²) in [6.45, 7) is 8.20. The number of aromatic nitrogens is 2. The topological polar surface area (TPSA) is 17.8 Å². The Morgan fingerprint density at radius 3 is 1.77 bits per heavy atom. The van der Waals surface area contributed by atoms with Gasteiger partial charge in [0.1, 0.15) is 5.82 Å². The highest BCUT2D eigenvalue weighted by atomic mass is 15.1. The molecule has 0 aliphatic carbocycles. The van der Waals surface area contributed by atoms with E-state index in [9.17, 15) is 0 Å². The summed E-state index contributed by atoms with van der Waals surface area (Å²) in [6, 6.07) is 22.4. The van der Waals surface area contributed by atoms with Crippen LogP contribution >= 0.6 is 0 Å². The van der Waals surface area contributed by atoms with Gasteiger partial charge in [0.15, 0.2) is 0 Å². The molecule has 2 aromatic carbocycles. The maximum atomic E-state index is 5.10. The van der Waals surface area contributed by atoms with Gasteiger partial charge in [-0.1, -0.05) is 171 Å². The number of rotatable bonds is 22. The van der Waals surface area contributed by atoms with Crippen LogP contribution < -0.4 is 0 Å². The van der Waals surface area contributed by atoms with Crippen LogP contribution in [0.2, 0.25) is 0 Å². The Hall–Kier alpha value is -2.35. The summed E-state index contributed by atoms with van der Waals surface area (Å²) in [5.74, 6) is 1.69. The third-order valence-corrected chi connectivity index (χ3v) is 9.02. The summed E-state index contributed by atoms with van der Waals surface area (Å²) in [7, 11) is 0. The molecule has 0 radical (unpaired) electrons. The van der Waals surface area contributed by atoms with Gasteiger partial charge in [0.2, 0.25) is 0 Å². The van der Waals surface area contributed by atoms with E-state index in [1.807, 2.05) is 0 Å². The predicted molar refractivity (Wildman–Crippen MR) is 174 cm³/mol. The molecule has 40 heavy (non-hydrogen) atoms. The Labute approximate surface area is 247 Å². The molecule has 1 heterocycles. The molecular formula is C38H58N2. The van der Waals surface area contributed by atoms with Crippen LogP contribution in [-0.2, 0) is 18.4 Å². The first-order valence-electron chi connectivity index (χ1n) is 16.8. The third-order valence-electron chi connectivity index (χ3n) is 9.02. The number of aryl methyl sites for hydroxylation is 1. The van der Waals surface area contributed by atoms with E-state index >= 15 is 0 Å². The van der Waals surface area contributed by atoms with Crippen molar-refractivity contribution in [2.45, 2.75) is 148 Å². The van der Waals surface area contributed by atoms with E-state index in [2.05, 4.69) is 98.4 Å². The average molecular weight is 543 g/mol. The highest BCUT2D eigenvalue weighted by molar-refractivity contribution is 5.33. The molecule has 0 aliphatic rings. The van der Waals surface area contributed by atoms with Crippen molar-refractivity contribution in [1.29, 1.82) is 0 Å². The number of hydrogen-bond donors (Lipinski definition) is 0. The van der Waals surface area contributed by atoms with E-state index < -0.39 is 0 Å². The van der Waals surface area contributed by atoms with Crippen molar-refractivity contribution in [1.82, 2.24) is 9.55 Å². The molecule has 0 aliphatic heterocycles. The molecule has 0 N–H and O–H groups in total. The second-order valence-corrected chi connectivity index (χ2v) is 12.4. The van der Waals surface area contributed by atoms with Gasteiger partial charge in [-0.2, -0.15) is 0 Å².